The molecule has 2 aromatic carbocycles. The molecule has 1 N–H and O–H groups in total. The minimum absolute atomic E-state index is 0.113. The Bertz CT molecular complexity index is 1020. The van der Waals surface area contributed by atoms with Crippen molar-refractivity contribution in [2.24, 2.45) is 17.8 Å². The highest BCUT2D eigenvalue weighted by atomic mass is 16.6. The van der Waals surface area contributed by atoms with Crippen LogP contribution in [0.2, 0.25) is 0 Å². The maximum absolute atomic E-state index is 12.2. The van der Waals surface area contributed by atoms with E-state index in [0.717, 1.165) is 37.7 Å². The quantitative estimate of drug-likeness (QED) is 0.138. The molecule has 0 radical (unpaired) electrons. The van der Waals surface area contributed by atoms with Gasteiger partial charge in [-0.05, 0) is 76.3 Å². The van der Waals surface area contributed by atoms with Crippen LogP contribution in [0.5, 0.6) is 5.75 Å². The lowest BCUT2D eigenvalue weighted by Crippen LogP contribution is -2.18. The number of aryl methyl sites for hydroxylation is 3. The van der Waals surface area contributed by atoms with Crippen molar-refractivity contribution in [1.82, 2.24) is 0 Å². The number of carbonyl (C=O) groups excluding carboxylic acids is 2. The second-order valence-corrected chi connectivity index (χ2v) is 11.9. The molecule has 3 rings (SSSR count). The summed E-state index contributed by atoms with van der Waals surface area (Å²) in [5.74, 6) is 2.09. The molecule has 248 valence electrons. The molecule has 1 atom stereocenters. The maximum Gasteiger partial charge on any atom is 0.334 e. The van der Waals surface area contributed by atoms with Gasteiger partial charge in [0.2, 0.25) is 0 Å². The van der Waals surface area contributed by atoms with E-state index < -0.39 is 0 Å². The molecule has 0 saturated carbocycles. The van der Waals surface area contributed by atoms with E-state index in [1.54, 1.807) is 0 Å². The first-order chi connectivity index (χ1) is 21.0. The molecule has 1 heterocycles. The topological polar surface area (TPSA) is 82.1 Å². The van der Waals surface area contributed by atoms with Crippen molar-refractivity contribution < 1.29 is 28.9 Å². The number of hydrogen-bond donors (Lipinski definition) is 1. The van der Waals surface area contributed by atoms with Gasteiger partial charge in [-0.3, -0.25) is 4.79 Å². The second kappa shape index (κ2) is 24.2. The van der Waals surface area contributed by atoms with Gasteiger partial charge in [0, 0.05) is 25.5 Å². The molecule has 2 aromatic rings. The van der Waals surface area contributed by atoms with Crippen LogP contribution in [0.15, 0.2) is 60.2 Å². The van der Waals surface area contributed by atoms with E-state index in [0.29, 0.717) is 37.2 Å². The van der Waals surface area contributed by atoms with E-state index >= 15 is 0 Å². The first kappa shape index (κ1) is 40.9. The van der Waals surface area contributed by atoms with Crippen LogP contribution in [0.3, 0.4) is 0 Å². The lowest BCUT2D eigenvalue weighted by Gasteiger charge is -2.19. The molecule has 6 nitrogen and oxygen atoms in total. The van der Waals surface area contributed by atoms with E-state index in [1.807, 2.05) is 51.1 Å². The number of cyclic esters (lactones) is 1. The molecule has 1 aliphatic heterocycles. The number of aliphatic hydroxyl groups excluding tert-OH is 1. The van der Waals surface area contributed by atoms with Crippen LogP contribution in [0.1, 0.15) is 96.8 Å². The summed E-state index contributed by atoms with van der Waals surface area (Å²) in [5.41, 5.74) is 4.55. The molecule has 6 heteroatoms. The van der Waals surface area contributed by atoms with E-state index in [1.165, 1.54) is 16.7 Å². The summed E-state index contributed by atoms with van der Waals surface area (Å²) in [7, 11) is 1.00. The fraction of sp³-hybridized carbons (Fsp3) is 0.579. The molecule has 44 heavy (non-hydrogen) atoms. The molecule has 1 aliphatic rings. The molecule has 0 aliphatic carbocycles. The van der Waals surface area contributed by atoms with Gasteiger partial charge >= 0.3 is 11.9 Å². The number of aliphatic hydroxyl groups is 1. The summed E-state index contributed by atoms with van der Waals surface area (Å²) >= 11 is 0. The Balaban J connectivity index is 0.00000130. The van der Waals surface area contributed by atoms with E-state index in [2.05, 4.69) is 65.8 Å². The highest BCUT2D eigenvalue weighted by molar-refractivity contribution is 5.90. The number of benzene rings is 2. The van der Waals surface area contributed by atoms with E-state index in [9.17, 15) is 9.59 Å². The van der Waals surface area contributed by atoms with Crippen LogP contribution in [0.4, 0.5) is 0 Å². The smallest absolute Gasteiger partial charge is 0.334 e. The van der Waals surface area contributed by atoms with E-state index in [-0.39, 0.29) is 31.1 Å². The van der Waals surface area contributed by atoms with Gasteiger partial charge in [0.15, 0.2) is 0 Å². The lowest BCUT2D eigenvalue weighted by atomic mass is 9.86. The van der Waals surface area contributed by atoms with Gasteiger partial charge in [-0.15, -0.1) is 0 Å². The average Bonchev–Trinajstić information content (AvgIpc) is 3.36. The zero-order valence-corrected chi connectivity index (χ0v) is 29.2. The minimum atomic E-state index is -0.379. The second-order valence-electron chi connectivity index (χ2n) is 11.9. The first-order valence-corrected chi connectivity index (χ1v) is 16.2. The Morgan fingerprint density at radius 1 is 0.886 bits per heavy atom. The third-order valence-electron chi connectivity index (χ3n) is 6.75. The fourth-order valence-corrected chi connectivity index (χ4v) is 4.72. The average molecular weight is 613 g/mol. The summed E-state index contributed by atoms with van der Waals surface area (Å²) < 4.78 is 16.4. The van der Waals surface area contributed by atoms with Crippen molar-refractivity contribution in [1.29, 1.82) is 0 Å². The Morgan fingerprint density at radius 3 is 1.84 bits per heavy atom. The number of hydrogen-bond acceptors (Lipinski definition) is 6. The summed E-state index contributed by atoms with van der Waals surface area (Å²) in [4.78, 5) is 24.2. The van der Waals surface area contributed by atoms with Gasteiger partial charge in [-0.25, -0.2) is 4.79 Å². The SMILES string of the molecule is CC.CO.Cc1ccc(C)cc1.Cc1ccc(OCCCC(=O)OC[C@@H]2C/C(=C\CC(CC(C)C)CC(C)C)C(=O)O2)cc1. The molecule has 0 bridgehead atoms. The number of esters is 2. The first-order valence-electron chi connectivity index (χ1n) is 16.2. The van der Waals surface area contributed by atoms with Crippen LogP contribution in [0.25, 0.3) is 0 Å². The molecule has 0 aromatic heterocycles. The highest BCUT2D eigenvalue weighted by Crippen LogP contribution is 2.27. The van der Waals surface area contributed by atoms with Gasteiger partial charge in [0.1, 0.15) is 18.5 Å². The van der Waals surface area contributed by atoms with Crippen molar-refractivity contribution in [3.8, 4) is 5.75 Å². The summed E-state index contributed by atoms with van der Waals surface area (Å²) in [6.45, 7) is 19.7. The molecular formula is C38H60O6. The van der Waals surface area contributed by atoms with Crippen LogP contribution in [-0.4, -0.2) is 43.5 Å². The summed E-state index contributed by atoms with van der Waals surface area (Å²) in [6, 6.07) is 16.3. The summed E-state index contributed by atoms with van der Waals surface area (Å²) in [5, 5.41) is 7.00. The van der Waals surface area contributed by atoms with Crippen molar-refractivity contribution >= 4 is 11.9 Å². The molecule has 1 saturated heterocycles. The maximum atomic E-state index is 12.2. The van der Waals surface area contributed by atoms with Gasteiger partial charge in [0.05, 0.1) is 6.61 Å². The Hall–Kier alpha value is -3.12. The van der Waals surface area contributed by atoms with Gasteiger partial charge in [-0.2, -0.15) is 0 Å². The molecule has 0 amide bonds. The van der Waals surface area contributed by atoms with Crippen LogP contribution < -0.4 is 4.74 Å². The molecule has 1 fully saturated rings. The van der Waals surface area contributed by atoms with Crippen LogP contribution in [0, 0.1) is 38.5 Å². The number of rotatable bonds is 13. The van der Waals surface area contributed by atoms with E-state index in [4.69, 9.17) is 19.3 Å². The van der Waals surface area contributed by atoms with Crippen molar-refractivity contribution in [2.45, 2.75) is 107 Å². The largest absolute Gasteiger partial charge is 0.494 e. The Labute approximate surface area is 268 Å². The van der Waals surface area contributed by atoms with Crippen LogP contribution in [-0.2, 0) is 19.1 Å². The summed E-state index contributed by atoms with van der Waals surface area (Å²) in [6.07, 6.45) is 6.25. The van der Waals surface area contributed by atoms with Crippen LogP contribution >= 0.6 is 0 Å². The Morgan fingerprint density at radius 2 is 1.36 bits per heavy atom. The number of ether oxygens (including phenoxy) is 3. The molecular weight excluding hydrogens is 552 g/mol. The zero-order chi connectivity index (χ0) is 33.5. The van der Waals surface area contributed by atoms with Crippen molar-refractivity contribution in [3.05, 3.63) is 76.9 Å². The number of carbonyl (C=O) groups is 2. The molecule has 0 unspecified atom stereocenters. The van der Waals surface area contributed by atoms with Crippen molar-refractivity contribution in [3.63, 3.8) is 0 Å². The predicted octanol–water partition coefficient (Wildman–Crippen LogP) is 8.98. The fourth-order valence-electron chi connectivity index (χ4n) is 4.72. The monoisotopic (exact) mass is 612 g/mol. The zero-order valence-electron chi connectivity index (χ0n) is 29.2. The molecule has 0 spiro atoms. The normalized spacial score (nSPS) is 14.6. The third kappa shape index (κ3) is 19.2. The van der Waals surface area contributed by atoms with Gasteiger partial charge in [0.25, 0.3) is 0 Å². The van der Waals surface area contributed by atoms with Crippen molar-refractivity contribution in [2.75, 3.05) is 20.3 Å². The predicted molar refractivity (Wildman–Crippen MR) is 182 cm³/mol. The van der Waals surface area contributed by atoms with Gasteiger partial charge in [-0.1, -0.05) is 101 Å². The standard InChI is InChI=1S/C27H40O5.C8H10.C2H6.CH4O/c1-19(2)15-22(16-20(3)4)10-11-23-17-25(32-27(23)29)18-31-26(28)7-6-14-30-24-12-8-21(5)9-13-24;1-7-3-5-8(2)6-4-7;2*1-2/h8-9,11-13,19-20,22,25H,6-7,10,14-18H2,1-5H3;3-6H,1-2H3;1-2H3;2H,1H3/b23-11+;;;/t25-;;;/m0.../s1. The lowest BCUT2D eigenvalue weighted by molar-refractivity contribution is -0.152. The van der Waals surface area contributed by atoms with Gasteiger partial charge < -0.3 is 19.3 Å². The third-order valence-corrected chi connectivity index (χ3v) is 6.75. The Kier molecular flexibility index (Phi) is 22.5. The number of allylic oxidation sites excluding steroid dienone is 1. The minimum Gasteiger partial charge on any atom is -0.494 e. The highest BCUT2D eigenvalue weighted by Gasteiger charge is 2.30.